The Kier molecular flexibility index (Phi) is 5.68. The molecule has 1 N–H and O–H groups in total. The minimum Gasteiger partial charge on any atom is -0.383 e. The summed E-state index contributed by atoms with van der Waals surface area (Å²) in [5.74, 6) is -0.910. The third-order valence-electron chi connectivity index (χ3n) is 4.38. The van der Waals surface area contributed by atoms with E-state index in [1.54, 1.807) is 0 Å². The zero-order valence-electron chi connectivity index (χ0n) is 15.1. The molecular formula is C18H19F3N4O3. The number of rotatable bonds is 6. The summed E-state index contributed by atoms with van der Waals surface area (Å²) in [6.07, 6.45) is -4.50. The number of aromatic nitrogens is 2. The number of halogens is 3. The monoisotopic (exact) mass is 396 g/mol. The molecule has 0 fully saturated rings. The molecule has 28 heavy (non-hydrogen) atoms. The molecule has 0 radical (unpaired) electrons. The maximum absolute atomic E-state index is 13.2. The number of methoxy groups -OCH3 is 1. The summed E-state index contributed by atoms with van der Waals surface area (Å²) in [7, 11) is 1.51. The van der Waals surface area contributed by atoms with Gasteiger partial charge in [0.2, 0.25) is 0 Å². The van der Waals surface area contributed by atoms with Crippen molar-refractivity contribution >= 4 is 11.8 Å². The van der Waals surface area contributed by atoms with Crippen LogP contribution in [0.15, 0.2) is 30.3 Å². The predicted molar refractivity (Wildman–Crippen MR) is 92.6 cm³/mol. The van der Waals surface area contributed by atoms with Crippen molar-refractivity contribution < 1.29 is 27.5 Å². The number of benzene rings is 1. The van der Waals surface area contributed by atoms with Crippen molar-refractivity contribution in [1.29, 1.82) is 0 Å². The number of carbonyl (C=O) groups is 2. The molecule has 2 heterocycles. The van der Waals surface area contributed by atoms with E-state index in [1.165, 1.54) is 41.0 Å². The average Bonchev–Trinajstić information content (AvgIpc) is 3.09. The van der Waals surface area contributed by atoms with Crippen LogP contribution in [-0.4, -0.2) is 53.3 Å². The zero-order chi connectivity index (χ0) is 20.3. The van der Waals surface area contributed by atoms with Crippen LogP contribution in [0.1, 0.15) is 32.1 Å². The van der Waals surface area contributed by atoms with E-state index in [-0.39, 0.29) is 30.0 Å². The molecule has 1 aromatic carbocycles. The molecule has 0 bridgehead atoms. The van der Waals surface area contributed by atoms with Crippen molar-refractivity contribution in [2.75, 3.05) is 26.8 Å². The smallest absolute Gasteiger partial charge is 0.383 e. The molecule has 10 heteroatoms. The van der Waals surface area contributed by atoms with E-state index >= 15 is 0 Å². The Morgan fingerprint density at radius 2 is 2.04 bits per heavy atom. The summed E-state index contributed by atoms with van der Waals surface area (Å²) >= 11 is 0. The number of carbonyl (C=O) groups excluding carboxylic acids is 2. The van der Waals surface area contributed by atoms with Gasteiger partial charge in [0.05, 0.1) is 18.7 Å². The second-order valence-electron chi connectivity index (χ2n) is 6.27. The molecule has 0 aliphatic carbocycles. The number of alkyl halides is 3. The molecule has 3 rings (SSSR count). The summed E-state index contributed by atoms with van der Waals surface area (Å²) in [5.41, 5.74) is -0.487. The first kappa shape index (κ1) is 19.9. The lowest BCUT2D eigenvalue weighted by molar-refractivity contribution is -0.138. The van der Waals surface area contributed by atoms with E-state index in [4.69, 9.17) is 4.74 Å². The van der Waals surface area contributed by atoms with E-state index in [9.17, 15) is 22.8 Å². The van der Waals surface area contributed by atoms with Crippen molar-refractivity contribution in [3.8, 4) is 0 Å². The van der Waals surface area contributed by atoms with Crippen molar-refractivity contribution in [2.45, 2.75) is 19.3 Å². The second kappa shape index (κ2) is 8.01. The highest BCUT2D eigenvalue weighted by Crippen LogP contribution is 2.32. The van der Waals surface area contributed by atoms with Gasteiger partial charge in [0.15, 0.2) is 5.69 Å². The van der Waals surface area contributed by atoms with E-state index < -0.39 is 23.6 Å². The number of hydrogen-bond donors (Lipinski definition) is 1. The molecule has 2 aromatic rings. The van der Waals surface area contributed by atoms with Gasteiger partial charge in [-0.25, -0.2) is 0 Å². The van der Waals surface area contributed by atoms with Gasteiger partial charge in [-0.3, -0.25) is 14.3 Å². The SMILES string of the molecule is COCCNC(=O)c1cc2n(n1)CCN(Cc1ccccc1C(F)(F)F)C2=O. The standard InChI is InChI=1S/C18H19F3N4O3/c1-28-9-6-22-16(26)14-10-15-17(27)24(7-8-25(15)23-14)11-12-4-2-3-5-13(12)18(19,20)21/h2-5,10H,6-9,11H2,1H3,(H,22,26). The minimum atomic E-state index is -4.50. The van der Waals surface area contributed by atoms with Gasteiger partial charge < -0.3 is 15.0 Å². The van der Waals surface area contributed by atoms with Gasteiger partial charge in [-0.05, 0) is 11.6 Å². The molecule has 0 unspecified atom stereocenters. The Labute approximate surface area is 159 Å². The van der Waals surface area contributed by atoms with E-state index in [0.29, 0.717) is 19.7 Å². The molecule has 1 aromatic heterocycles. The molecule has 2 amide bonds. The molecule has 0 atom stereocenters. The Hall–Kier alpha value is -2.88. The summed E-state index contributed by atoms with van der Waals surface area (Å²) in [5, 5.41) is 6.72. The van der Waals surface area contributed by atoms with Gasteiger partial charge in [0.1, 0.15) is 5.69 Å². The fraction of sp³-hybridized carbons (Fsp3) is 0.389. The molecular weight excluding hydrogens is 377 g/mol. The van der Waals surface area contributed by atoms with Gasteiger partial charge in [0.25, 0.3) is 11.8 Å². The lowest BCUT2D eigenvalue weighted by Gasteiger charge is -2.28. The Bertz CT molecular complexity index is 879. The van der Waals surface area contributed by atoms with Gasteiger partial charge in [-0.1, -0.05) is 18.2 Å². The van der Waals surface area contributed by atoms with Crippen LogP contribution in [0, 0.1) is 0 Å². The quantitative estimate of drug-likeness (QED) is 0.758. The van der Waals surface area contributed by atoms with Crippen LogP contribution in [0.2, 0.25) is 0 Å². The largest absolute Gasteiger partial charge is 0.416 e. The topological polar surface area (TPSA) is 76.5 Å². The van der Waals surface area contributed by atoms with Crippen LogP contribution >= 0.6 is 0 Å². The normalized spacial score (nSPS) is 14.1. The first-order valence-corrected chi connectivity index (χ1v) is 8.60. The Morgan fingerprint density at radius 1 is 1.29 bits per heavy atom. The number of nitrogens with zero attached hydrogens (tertiary/aromatic N) is 3. The van der Waals surface area contributed by atoms with E-state index in [1.807, 2.05) is 0 Å². The number of ether oxygens (including phenoxy) is 1. The summed E-state index contributed by atoms with van der Waals surface area (Å²) in [4.78, 5) is 26.1. The van der Waals surface area contributed by atoms with Crippen molar-refractivity contribution in [2.24, 2.45) is 0 Å². The minimum absolute atomic E-state index is 0.0221. The van der Waals surface area contributed by atoms with Gasteiger partial charge in [-0.2, -0.15) is 18.3 Å². The number of fused-ring (bicyclic) bond motifs is 1. The highest BCUT2D eigenvalue weighted by molar-refractivity contribution is 5.98. The first-order chi connectivity index (χ1) is 13.3. The van der Waals surface area contributed by atoms with Crippen LogP contribution < -0.4 is 5.32 Å². The molecule has 0 spiro atoms. The van der Waals surface area contributed by atoms with E-state index in [2.05, 4.69) is 10.4 Å². The molecule has 150 valence electrons. The Morgan fingerprint density at radius 3 is 2.75 bits per heavy atom. The summed E-state index contributed by atoms with van der Waals surface area (Å²) in [6.45, 7) is 0.955. The number of nitrogens with one attached hydrogen (secondary N) is 1. The third kappa shape index (κ3) is 4.16. The highest BCUT2D eigenvalue weighted by atomic mass is 19.4. The second-order valence-corrected chi connectivity index (χ2v) is 6.27. The predicted octanol–water partition coefficient (Wildman–Crippen LogP) is 1.93. The number of hydrogen-bond acceptors (Lipinski definition) is 4. The third-order valence-corrected chi connectivity index (χ3v) is 4.38. The summed E-state index contributed by atoms with van der Waals surface area (Å²) < 4.78 is 45.8. The highest BCUT2D eigenvalue weighted by Gasteiger charge is 2.35. The maximum atomic E-state index is 13.2. The van der Waals surface area contributed by atoms with Gasteiger partial charge >= 0.3 is 6.18 Å². The molecule has 1 aliphatic heterocycles. The zero-order valence-corrected chi connectivity index (χ0v) is 15.1. The fourth-order valence-electron chi connectivity index (χ4n) is 3.00. The van der Waals surface area contributed by atoms with Gasteiger partial charge in [-0.15, -0.1) is 0 Å². The molecule has 7 nitrogen and oxygen atoms in total. The van der Waals surface area contributed by atoms with Crippen molar-refractivity contribution in [3.63, 3.8) is 0 Å². The molecule has 0 saturated heterocycles. The van der Waals surface area contributed by atoms with Crippen LogP contribution in [0.5, 0.6) is 0 Å². The number of amides is 2. The van der Waals surface area contributed by atoms with Crippen molar-refractivity contribution in [1.82, 2.24) is 20.0 Å². The van der Waals surface area contributed by atoms with E-state index in [0.717, 1.165) is 6.07 Å². The van der Waals surface area contributed by atoms with Crippen molar-refractivity contribution in [3.05, 3.63) is 52.8 Å². The molecule has 0 saturated carbocycles. The average molecular weight is 396 g/mol. The maximum Gasteiger partial charge on any atom is 0.416 e. The van der Waals surface area contributed by atoms with Crippen LogP contribution in [0.4, 0.5) is 13.2 Å². The van der Waals surface area contributed by atoms with Gasteiger partial charge in [0, 0.05) is 32.8 Å². The lowest BCUT2D eigenvalue weighted by atomic mass is 10.1. The van der Waals surface area contributed by atoms with Crippen LogP contribution in [0.25, 0.3) is 0 Å². The Balaban J connectivity index is 1.76. The van der Waals surface area contributed by atoms with Crippen LogP contribution in [0.3, 0.4) is 0 Å². The molecule has 1 aliphatic rings. The fourth-order valence-corrected chi connectivity index (χ4v) is 3.00. The van der Waals surface area contributed by atoms with Crippen LogP contribution in [-0.2, 0) is 24.0 Å². The summed E-state index contributed by atoms with van der Waals surface area (Å²) in [6, 6.07) is 6.53. The first-order valence-electron chi connectivity index (χ1n) is 8.60. The lowest BCUT2D eigenvalue weighted by Crippen LogP contribution is -2.40.